The Hall–Kier alpha value is -1.31. The Morgan fingerprint density at radius 3 is 2.67 bits per heavy atom. The van der Waals surface area contributed by atoms with Crippen LogP contribution in [0.15, 0.2) is 23.1 Å². The minimum absolute atomic E-state index is 0.157. The zero-order valence-corrected chi connectivity index (χ0v) is 11.4. The molecule has 0 aliphatic carbocycles. The van der Waals surface area contributed by atoms with Crippen molar-refractivity contribution in [1.29, 1.82) is 0 Å². The van der Waals surface area contributed by atoms with Crippen LogP contribution in [0, 0.1) is 0 Å². The van der Waals surface area contributed by atoms with Crippen LogP contribution < -0.4 is 15.8 Å². The average molecular weight is 273 g/mol. The van der Waals surface area contributed by atoms with Gasteiger partial charge < -0.3 is 15.8 Å². The van der Waals surface area contributed by atoms with Crippen molar-refractivity contribution in [3.63, 3.8) is 0 Å². The predicted octanol–water partition coefficient (Wildman–Crippen LogP) is 0.625. The lowest BCUT2D eigenvalue weighted by Crippen LogP contribution is -2.19. The molecule has 0 bridgehead atoms. The zero-order valence-electron chi connectivity index (χ0n) is 10.6. The van der Waals surface area contributed by atoms with Crippen LogP contribution in [0.1, 0.15) is 6.42 Å². The summed E-state index contributed by atoms with van der Waals surface area (Å²) in [4.78, 5) is 0.157. The summed E-state index contributed by atoms with van der Waals surface area (Å²) < 4.78 is 30.3. The Labute approximate surface area is 108 Å². The van der Waals surface area contributed by atoms with E-state index in [1.807, 2.05) is 0 Å². The summed E-state index contributed by atoms with van der Waals surface area (Å²) in [5.41, 5.74) is 6.93. The van der Waals surface area contributed by atoms with Crippen LogP contribution in [-0.2, 0) is 14.8 Å². The summed E-state index contributed by atoms with van der Waals surface area (Å²) in [5, 5.41) is 3.12. The molecule has 0 saturated carbocycles. The van der Waals surface area contributed by atoms with Crippen molar-refractivity contribution in [2.45, 2.75) is 11.3 Å². The molecule has 1 aromatic rings. The Bertz CT molecular complexity index is 488. The lowest BCUT2D eigenvalue weighted by atomic mass is 10.2. The van der Waals surface area contributed by atoms with Gasteiger partial charge in [0.2, 0.25) is 10.0 Å². The van der Waals surface area contributed by atoms with E-state index >= 15 is 0 Å². The second-order valence-electron chi connectivity index (χ2n) is 3.73. The van der Waals surface area contributed by atoms with E-state index in [-0.39, 0.29) is 4.90 Å². The highest BCUT2D eigenvalue weighted by Gasteiger charge is 2.12. The topological polar surface area (TPSA) is 93.5 Å². The number of methoxy groups -OCH3 is 1. The van der Waals surface area contributed by atoms with Gasteiger partial charge in [0.05, 0.1) is 16.3 Å². The molecule has 0 heterocycles. The zero-order chi connectivity index (χ0) is 13.6. The second kappa shape index (κ2) is 6.58. The first kappa shape index (κ1) is 14.7. The van der Waals surface area contributed by atoms with E-state index in [4.69, 9.17) is 10.5 Å². The number of sulfonamides is 1. The van der Waals surface area contributed by atoms with Crippen molar-refractivity contribution in [3.05, 3.63) is 18.2 Å². The number of benzene rings is 1. The summed E-state index contributed by atoms with van der Waals surface area (Å²) in [6, 6.07) is 4.61. The van der Waals surface area contributed by atoms with E-state index in [0.29, 0.717) is 12.3 Å². The number of hydrogen-bond donors (Lipinski definition) is 3. The normalized spacial score (nSPS) is 11.4. The van der Waals surface area contributed by atoms with Crippen LogP contribution in [0.3, 0.4) is 0 Å². The van der Waals surface area contributed by atoms with E-state index in [1.54, 1.807) is 13.2 Å². The van der Waals surface area contributed by atoms with E-state index in [0.717, 1.165) is 18.7 Å². The first-order valence-corrected chi connectivity index (χ1v) is 7.05. The Balaban J connectivity index is 2.74. The molecule has 0 amide bonds. The van der Waals surface area contributed by atoms with E-state index < -0.39 is 10.0 Å². The van der Waals surface area contributed by atoms with Crippen molar-refractivity contribution in [3.8, 4) is 0 Å². The largest absolute Gasteiger partial charge is 0.397 e. The van der Waals surface area contributed by atoms with Crippen molar-refractivity contribution in [2.75, 3.05) is 38.4 Å². The molecule has 1 aromatic carbocycles. The van der Waals surface area contributed by atoms with Gasteiger partial charge in [-0.2, -0.15) is 0 Å². The summed E-state index contributed by atoms with van der Waals surface area (Å²) >= 11 is 0. The van der Waals surface area contributed by atoms with E-state index in [9.17, 15) is 8.42 Å². The number of hydrogen-bond acceptors (Lipinski definition) is 5. The molecule has 1 rings (SSSR count). The molecular formula is C11H19N3O3S. The van der Waals surface area contributed by atoms with Crippen molar-refractivity contribution >= 4 is 21.4 Å². The molecule has 0 unspecified atom stereocenters. The minimum atomic E-state index is -3.44. The lowest BCUT2D eigenvalue weighted by Gasteiger charge is -2.10. The summed E-state index contributed by atoms with van der Waals surface area (Å²) in [7, 11) is -0.436. The van der Waals surface area contributed by atoms with Crippen LogP contribution in [0.25, 0.3) is 0 Å². The van der Waals surface area contributed by atoms with Gasteiger partial charge in [-0.1, -0.05) is 0 Å². The van der Waals surface area contributed by atoms with Crippen LogP contribution >= 0.6 is 0 Å². The number of rotatable bonds is 7. The minimum Gasteiger partial charge on any atom is -0.397 e. The van der Waals surface area contributed by atoms with Gasteiger partial charge >= 0.3 is 0 Å². The van der Waals surface area contributed by atoms with E-state index in [2.05, 4.69) is 10.0 Å². The molecular weight excluding hydrogens is 254 g/mol. The molecule has 102 valence electrons. The number of ether oxygens (including phenoxy) is 1. The van der Waals surface area contributed by atoms with Gasteiger partial charge in [-0.25, -0.2) is 13.1 Å². The summed E-state index contributed by atoms with van der Waals surface area (Å²) in [6.45, 7) is 1.38. The fourth-order valence-electron chi connectivity index (χ4n) is 1.43. The van der Waals surface area contributed by atoms with Gasteiger partial charge in [0.25, 0.3) is 0 Å². The van der Waals surface area contributed by atoms with E-state index in [1.165, 1.54) is 19.2 Å². The lowest BCUT2D eigenvalue weighted by molar-refractivity contribution is 0.198. The SMILES string of the molecule is CNS(=O)(=O)c1ccc(NCCCOC)c(N)c1. The highest BCUT2D eigenvalue weighted by molar-refractivity contribution is 7.89. The fraction of sp³-hybridized carbons (Fsp3) is 0.455. The molecule has 0 spiro atoms. The van der Waals surface area contributed by atoms with Gasteiger partial charge in [-0.15, -0.1) is 0 Å². The maximum absolute atomic E-state index is 11.6. The first-order valence-electron chi connectivity index (χ1n) is 5.57. The Morgan fingerprint density at radius 2 is 2.11 bits per heavy atom. The summed E-state index contributed by atoms with van der Waals surface area (Å²) in [6.07, 6.45) is 0.854. The van der Waals surface area contributed by atoms with Gasteiger partial charge in [0.1, 0.15) is 0 Å². The highest BCUT2D eigenvalue weighted by atomic mass is 32.2. The molecule has 0 saturated heterocycles. The van der Waals surface area contributed by atoms with Crippen LogP contribution in [0.4, 0.5) is 11.4 Å². The third-order valence-corrected chi connectivity index (χ3v) is 3.85. The smallest absolute Gasteiger partial charge is 0.240 e. The molecule has 7 heteroatoms. The maximum Gasteiger partial charge on any atom is 0.240 e. The van der Waals surface area contributed by atoms with Gasteiger partial charge in [0.15, 0.2) is 0 Å². The fourth-order valence-corrected chi connectivity index (χ4v) is 2.19. The molecule has 4 N–H and O–H groups in total. The average Bonchev–Trinajstić information content (AvgIpc) is 2.36. The molecule has 0 aromatic heterocycles. The molecule has 0 atom stereocenters. The van der Waals surface area contributed by atoms with Crippen LogP contribution in [0.5, 0.6) is 0 Å². The van der Waals surface area contributed by atoms with Crippen molar-refractivity contribution in [1.82, 2.24) is 4.72 Å². The molecule has 0 fully saturated rings. The molecule has 0 aliphatic rings. The predicted molar refractivity (Wildman–Crippen MR) is 72.1 cm³/mol. The number of nitrogen functional groups attached to an aromatic ring is 1. The number of anilines is 2. The standard InChI is InChI=1S/C11H19N3O3S/c1-13-18(15,16)9-4-5-11(10(12)8-9)14-6-3-7-17-2/h4-5,8,13-14H,3,6-7,12H2,1-2H3. The third kappa shape index (κ3) is 3.86. The second-order valence-corrected chi connectivity index (χ2v) is 5.62. The first-order chi connectivity index (χ1) is 8.51. The van der Waals surface area contributed by atoms with Crippen molar-refractivity contribution in [2.24, 2.45) is 0 Å². The third-order valence-electron chi connectivity index (χ3n) is 2.44. The molecule has 0 radical (unpaired) electrons. The maximum atomic E-state index is 11.6. The monoisotopic (exact) mass is 273 g/mol. The summed E-state index contributed by atoms with van der Waals surface area (Å²) in [5.74, 6) is 0. The van der Waals surface area contributed by atoms with Crippen molar-refractivity contribution < 1.29 is 13.2 Å². The Morgan fingerprint density at radius 1 is 1.39 bits per heavy atom. The molecule has 18 heavy (non-hydrogen) atoms. The van der Waals surface area contributed by atoms with Crippen LogP contribution in [0.2, 0.25) is 0 Å². The van der Waals surface area contributed by atoms with Gasteiger partial charge in [-0.05, 0) is 31.7 Å². The van der Waals surface area contributed by atoms with Gasteiger partial charge in [-0.3, -0.25) is 0 Å². The molecule has 0 aliphatic heterocycles. The number of nitrogens with one attached hydrogen (secondary N) is 2. The Kier molecular flexibility index (Phi) is 5.39. The van der Waals surface area contributed by atoms with Gasteiger partial charge in [0, 0.05) is 20.3 Å². The highest BCUT2D eigenvalue weighted by Crippen LogP contribution is 2.22. The number of nitrogens with two attached hydrogens (primary N) is 1. The molecule has 6 nitrogen and oxygen atoms in total. The van der Waals surface area contributed by atoms with Crippen LogP contribution in [-0.4, -0.2) is 35.7 Å². The quantitative estimate of drug-likeness (QED) is 0.500.